The van der Waals surface area contributed by atoms with Crippen molar-refractivity contribution in [2.45, 2.75) is 12.7 Å². The number of hydrogen-bond donors (Lipinski definition) is 2. The highest BCUT2D eigenvalue weighted by Crippen LogP contribution is 2.38. The summed E-state index contributed by atoms with van der Waals surface area (Å²) in [5.41, 5.74) is 5.28. The molecule has 0 saturated carbocycles. The van der Waals surface area contributed by atoms with Crippen LogP contribution in [0.15, 0.2) is 30.5 Å². The van der Waals surface area contributed by atoms with Gasteiger partial charge in [-0.15, -0.1) is 0 Å². The maximum Gasteiger partial charge on any atom is 0.418 e. The standard InChI is InChI=1S/C14H13ClF3N3O/c1-22-9-2-3-12(10(5-9)14(16,17)18)21-8-4-11(15)13(6-19)20-7-8/h2-5,7,21H,6,19H2,1H3. The summed E-state index contributed by atoms with van der Waals surface area (Å²) in [6, 6.07) is 5.11. The van der Waals surface area contributed by atoms with Crippen LogP contribution in [0.2, 0.25) is 5.02 Å². The minimum absolute atomic E-state index is 0.118. The number of nitrogens with two attached hydrogens (primary N) is 1. The van der Waals surface area contributed by atoms with Crippen LogP contribution in [-0.2, 0) is 12.7 Å². The molecule has 0 bridgehead atoms. The first-order valence-electron chi connectivity index (χ1n) is 6.22. The number of methoxy groups -OCH3 is 1. The second kappa shape index (κ2) is 6.41. The van der Waals surface area contributed by atoms with Crippen LogP contribution in [-0.4, -0.2) is 12.1 Å². The molecule has 118 valence electrons. The Bertz CT molecular complexity index is 677. The van der Waals surface area contributed by atoms with Gasteiger partial charge in [-0.05, 0) is 24.3 Å². The van der Waals surface area contributed by atoms with Crippen LogP contribution in [0.5, 0.6) is 5.75 Å². The zero-order valence-corrected chi connectivity index (χ0v) is 12.3. The number of hydrogen-bond acceptors (Lipinski definition) is 4. The van der Waals surface area contributed by atoms with Gasteiger partial charge in [0.2, 0.25) is 0 Å². The fourth-order valence-electron chi connectivity index (χ4n) is 1.83. The van der Waals surface area contributed by atoms with Crippen molar-refractivity contribution in [3.63, 3.8) is 0 Å². The SMILES string of the molecule is COc1ccc(Nc2cnc(CN)c(Cl)c2)c(C(F)(F)F)c1. The Hall–Kier alpha value is -1.99. The normalized spacial score (nSPS) is 11.4. The molecule has 0 unspecified atom stereocenters. The van der Waals surface area contributed by atoms with Crippen molar-refractivity contribution in [1.82, 2.24) is 4.98 Å². The minimum atomic E-state index is -4.52. The number of anilines is 2. The van der Waals surface area contributed by atoms with Gasteiger partial charge in [-0.2, -0.15) is 13.2 Å². The molecule has 8 heteroatoms. The summed E-state index contributed by atoms with van der Waals surface area (Å²) in [6.07, 6.45) is -3.15. The Morgan fingerprint density at radius 3 is 2.59 bits per heavy atom. The number of benzene rings is 1. The fourth-order valence-corrected chi connectivity index (χ4v) is 2.08. The van der Waals surface area contributed by atoms with Gasteiger partial charge in [0.05, 0.1) is 41.0 Å². The maximum absolute atomic E-state index is 13.1. The molecule has 3 N–H and O–H groups in total. The monoisotopic (exact) mass is 331 g/mol. The lowest BCUT2D eigenvalue weighted by Crippen LogP contribution is -2.09. The highest BCUT2D eigenvalue weighted by atomic mass is 35.5. The van der Waals surface area contributed by atoms with Crippen LogP contribution in [0.3, 0.4) is 0 Å². The third kappa shape index (κ3) is 3.61. The number of nitrogens with zero attached hydrogens (tertiary/aromatic N) is 1. The minimum Gasteiger partial charge on any atom is -0.497 e. The van der Waals surface area contributed by atoms with E-state index in [0.717, 1.165) is 6.07 Å². The van der Waals surface area contributed by atoms with E-state index in [1.165, 1.54) is 31.5 Å². The maximum atomic E-state index is 13.1. The lowest BCUT2D eigenvalue weighted by molar-refractivity contribution is -0.137. The fraction of sp³-hybridized carbons (Fsp3) is 0.214. The van der Waals surface area contributed by atoms with Crippen molar-refractivity contribution in [2.24, 2.45) is 5.73 Å². The Kier molecular flexibility index (Phi) is 4.77. The van der Waals surface area contributed by atoms with E-state index in [9.17, 15) is 13.2 Å². The number of alkyl halides is 3. The predicted octanol–water partition coefficient (Wildman–Crippen LogP) is 3.96. The van der Waals surface area contributed by atoms with Crippen LogP contribution in [0.1, 0.15) is 11.3 Å². The molecular formula is C14H13ClF3N3O. The van der Waals surface area contributed by atoms with Crippen molar-refractivity contribution in [3.8, 4) is 5.75 Å². The third-order valence-corrected chi connectivity index (χ3v) is 3.25. The molecule has 22 heavy (non-hydrogen) atoms. The second-order valence-electron chi connectivity index (χ2n) is 4.39. The van der Waals surface area contributed by atoms with Crippen LogP contribution in [0, 0.1) is 0 Å². The van der Waals surface area contributed by atoms with Crippen molar-refractivity contribution in [2.75, 3.05) is 12.4 Å². The molecule has 2 rings (SSSR count). The summed E-state index contributed by atoms with van der Waals surface area (Å²) in [7, 11) is 1.30. The van der Waals surface area contributed by atoms with E-state index in [-0.39, 0.29) is 23.0 Å². The molecule has 0 aliphatic rings. The summed E-state index contributed by atoms with van der Waals surface area (Å²) in [6.45, 7) is 0.148. The van der Waals surface area contributed by atoms with Gasteiger partial charge in [0.15, 0.2) is 0 Å². The quantitative estimate of drug-likeness (QED) is 0.890. The van der Waals surface area contributed by atoms with Crippen molar-refractivity contribution in [3.05, 3.63) is 46.7 Å². The van der Waals surface area contributed by atoms with E-state index < -0.39 is 11.7 Å². The number of aromatic nitrogens is 1. The van der Waals surface area contributed by atoms with E-state index in [1.54, 1.807) is 0 Å². The first kappa shape index (κ1) is 16.4. The Balaban J connectivity index is 2.38. The van der Waals surface area contributed by atoms with Gasteiger partial charge in [0.1, 0.15) is 5.75 Å². The van der Waals surface area contributed by atoms with Crippen LogP contribution in [0.4, 0.5) is 24.5 Å². The molecule has 4 nitrogen and oxygen atoms in total. The van der Waals surface area contributed by atoms with Crippen molar-refractivity contribution >= 4 is 23.0 Å². The molecule has 2 aromatic rings. The van der Waals surface area contributed by atoms with Gasteiger partial charge < -0.3 is 15.8 Å². The molecule has 0 radical (unpaired) electrons. The number of rotatable bonds is 4. The molecule has 0 aliphatic heterocycles. The van der Waals surface area contributed by atoms with Crippen molar-refractivity contribution < 1.29 is 17.9 Å². The largest absolute Gasteiger partial charge is 0.497 e. The topological polar surface area (TPSA) is 60.2 Å². The summed E-state index contributed by atoms with van der Waals surface area (Å²) in [4.78, 5) is 3.99. The van der Waals surface area contributed by atoms with Gasteiger partial charge in [-0.1, -0.05) is 11.6 Å². The molecule has 0 fully saturated rings. The van der Waals surface area contributed by atoms with E-state index in [0.29, 0.717) is 11.4 Å². The third-order valence-electron chi connectivity index (χ3n) is 2.92. The molecule has 1 aromatic heterocycles. The lowest BCUT2D eigenvalue weighted by Gasteiger charge is -2.16. The molecule has 0 spiro atoms. The molecule has 0 saturated heterocycles. The summed E-state index contributed by atoms with van der Waals surface area (Å²) in [5, 5.41) is 2.95. The Morgan fingerprint density at radius 2 is 2.05 bits per heavy atom. The average molecular weight is 332 g/mol. The first-order valence-corrected chi connectivity index (χ1v) is 6.59. The zero-order valence-electron chi connectivity index (χ0n) is 11.5. The smallest absolute Gasteiger partial charge is 0.418 e. The van der Waals surface area contributed by atoms with Crippen LogP contribution < -0.4 is 15.8 Å². The van der Waals surface area contributed by atoms with Gasteiger partial charge in [0, 0.05) is 6.54 Å². The molecular weight excluding hydrogens is 319 g/mol. The van der Waals surface area contributed by atoms with Gasteiger partial charge in [-0.25, -0.2) is 0 Å². The van der Waals surface area contributed by atoms with Crippen molar-refractivity contribution in [1.29, 1.82) is 0 Å². The van der Waals surface area contributed by atoms with E-state index in [1.807, 2.05) is 0 Å². The van der Waals surface area contributed by atoms with Gasteiger partial charge >= 0.3 is 6.18 Å². The number of pyridine rings is 1. The number of ether oxygens (including phenoxy) is 1. The summed E-state index contributed by atoms with van der Waals surface area (Å²) >= 11 is 5.95. The highest BCUT2D eigenvalue weighted by molar-refractivity contribution is 6.31. The van der Waals surface area contributed by atoms with E-state index in [4.69, 9.17) is 22.1 Å². The highest BCUT2D eigenvalue weighted by Gasteiger charge is 2.34. The summed E-state index contributed by atoms with van der Waals surface area (Å²) in [5.74, 6) is 0.118. The zero-order chi connectivity index (χ0) is 16.3. The van der Waals surface area contributed by atoms with Gasteiger partial charge in [0.25, 0.3) is 0 Å². The number of nitrogens with one attached hydrogen (secondary N) is 1. The molecule has 1 heterocycles. The molecule has 0 atom stereocenters. The van der Waals surface area contributed by atoms with Crippen LogP contribution in [0.25, 0.3) is 0 Å². The Morgan fingerprint density at radius 1 is 1.32 bits per heavy atom. The van der Waals surface area contributed by atoms with E-state index >= 15 is 0 Å². The van der Waals surface area contributed by atoms with Crippen LogP contribution >= 0.6 is 11.6 Å². The first-order chi connectivity index (χ1) is 10.3. The summed E-state index contributed by atoms with van der Waals surface area (Å²) < 4.78 is 44.2. The lowest BCUT2D eigenvalue weighted by atomic mass is 10.1. The van der Waals surface area contributed by atoms with Gasteiger partial charge in [-0.3, -0.25) is 4.98 Å². The molecule has 0 amide bonds. The van der Waals surface area contributed by atoms with E-state index in [2.05, 4.69) is 10.3 Å². The molecule has 0 aliphatic carbocycles. The predicted molar refractivity (Wildman–Crippen MR) is 78.4 cm³/mol. The second-order valence-corrected chi connectivity index (χ2v) is 4.80. The Labute approximate surface area is 130 Å². The molecule has 1 aromatic carbocycles. The number of halogens is 4. The average Bonchev–Trinajstić information content (AvgIpc) is 2.47.